The van der Waals surface area contributed by atoms with Crippen LogP contribution in [0.25, 0.3) is 0 Å². The Labute approximate surface area is 153 Å². The summed E-state index contributed by atoms with van der Waals surface area (Å²) >= 11 is 5.81. The minimum absolute atomic E-state index is 0.0466. The molecular weight excluding hydrogens is 360 g/mol. The predicted molar refractivity (Wildman–Crippen MR) is 100 cm³/mol. The van der Waals surface area contributed by atoms with E-state index in [2.05, 4.69) is 10.0 Å². The summed E-state index contributed by atoms with van der Waals surface area (Å²) in [6.07, 6.45) is 1.07. The highest BCUT2D eigenvalue weighted by Crippen LogP contribution is 2.09. The van der Waals surface area contributed by atoms with Crippen LogP contribution in [-0.4, -0.2) is 33.2 Å². The highest BCUT2D eigenvalue weighted by molar-refractivity contribution is 7.89. The maximum absolute atomic E-state index is 11.9. The van der Waals surface area contributed by atoms with E-state index in [9.17, 15) is 13.2 Å². The lowest BCUT2D eigenvalue weighted by Gasteiger charge is -2.08. The predicted octanol–water partition coefficient (Wildman–Crippen LogP) is 2.16. The van der Waals surface area contributed by atoms with Gasteiger partial charge in [0.05, 0.1) is 12.3 Å². The lowest BCUT2D eigenvalue weighted by atomic mass is 10.1. The molecule has 2 rings (SSSR count). The van der Waals surface area contributed by atoms with Gasteiger partial charge in [-0.1, -0.05) is 54.1 Å². The summed E-state index contributed by atoms with van der Waals surface area (Å²) in [6.45, 7) is 0.184. The van der Waals surface area contributed by atoms with Gasteiger partial charge in [0.15, 0.2) is 0 Å². The summed E-state index contributed by atoms with van der Waals surface area (Å²) in [7, 11) is -3.48. The van der Waals surface area contributed by atoms with Crippen molar-refractivity contribution in [3.05, 3.63) is 70.7 Å². The third-order valence-corrected chi connectivity index (χ3v) is 5.18. The van der Waals surface area contributed by atoms with Gasteiger partial charge in [0, 0.05) is 11.6 Å². The molecule has 0 radical (unpaired) electrons. The van der Waals surface area contributed by atoms with E-state index in [-0.39, 0.29) is 18.2 Å². The Morgan fingerprint density at radius 2 is 1.56 bits per heavy atom. The SMILES string of the molecule is O=C(CNS(=O)(=O)CCc1ccccc1)NCCc1ccc(Cl)cc1. The first-order valence-corrected chi connectivity index (χ1v) is 10.00. The van der Waals surface area contributed by atoms with Crippen molar-refractivity contribution in [2.24, 2.45) is 0 Å². The lowest BCUT2D eigenvalue weighted by molar-refractivity contribution is -0.119. The van der Waals surface area contributed by atoms with Crippen LogP contribution in [0.15, 0.2) is 54.6 Å². The molecule has 0 atom stereocenters. The van der Waals surface area contributed by atoms with Crippen molar-refractivity contribution in [2.75, 3.05) is 18.8 Å². The molecule has 2 N–H and O–H groups in total. The van der Waals surface area contributed by atoms with Gasteiger partial charge in [-0.2, -0.15) is 0 Å². The quantitative estimate of drug-likeness (QED) is 0.700. The Hall–Kier alpha value is -1.89. The number of sulfonamides is 1. The van der Waals surface area contributed by atoms with Crippen LogP contribution in [0.1, 0.15) is 11.1 Å². The number of aryl methyl sites for hydroxylation is 1. The summed E-state index contributed by atoms with van der Waals surface area (Å²) in [5, 5.41) is 3.36. The maximum Gasteiger partial charge on any atom is 0.235 e. The molecular formula is C18H21ClN2O3S. The Balaban J connectivity index is 1.67. The fraction of sp³-hybridized carbons (Fsp3) is 0.278. The third kappa shape index (κ3) is 7.69. The summed E-state index contributed by atoms with van der Waals surface area (Å²) in [5.41, 5.74) is 1.99. The number of benzene rings is 2. The standard InChI is InChI=1S/C18H21ClN2O3S/c19-17-8-6-16(7-9-17)10-12-20-18(22)14-21-25(23,24)13-11-15-4-2-1-3-5-15/h1-9,21H,10-14H2,(H,20,22). The average Bonchev–Trinajstić information content (AvgIpc) is 2.61. The fourth-order valence-corrected chi connectivity index (χ4v) is 3.33. The van der Waals surface area contributed by atoms with E-state index in [1.54, 1.807) is 12.1 Å². The van der Waals surface area contributed by atoms with Gasteiger partial charge in [-0.05, 0) is 36.1 Å². The van der Waals surface area contributed by atoms with E-state index in [4.69, 9.17) is 11.6 Å². The number of halogens is 1. The summed E-state index contributed by atoms with van der Waals surface area (Å²) in [5.74, 6) is -0.396. The molecule has 2 aromatic rings. The first-order valence-electron chi connectivity index (χ1n) is 7.97. The van der Waals surface area contributed by atoms with Crippen LogP contribution in [0.5, 0.6) is 0 Å². The Bertz CT molecular complexity index is 778. The molecule has 0 aliphatic rings. The number of rotatable bonds is 9. The number of amides is 1. The molecule has 0 saturated heterocycles. The third-order valence-electron chi connectivity index (χ3n) is 3.60. The highest BCUT2D eigenvalue weighted by atomic mass is 35.5. The molecule has 5 nitrogen and oxygen atoms in total. The molecule has 0 heterocycles. The number of hydrogen-bond acceptors (Lipinski definition) is 3. The monoisotopic (exact) mass is 380 g/mol. The first-order chi connectivity index (χ1) is 11.9. The van der Waals surface area contributed by atoms with E-state index in [0.717, 1.165) is 11.1 Å². The van der Waals surface area contributed by atoms with E-state index in [1.807, 2.05) is 42.5 Å². The zero-order chi connectivity index (χ0) is 18.1. The zero-order valence-corrected chi connectivity index (χ0v) is 15.3. The number of hydrogen-bond donors (Lipinski definition) is 2. The van der Waals surface area contributed by atoms with Gasteiger partial charge in [-0.15, -0.1) is 0 Å². The second kappa shape index (κ2) is 9.56. The van der Waals surface area contributed by atoms with Crippen molar-refractivity contribution >= 4 is 27.5 Å². The molecule has 0 bridgehead atoms. The van der Waals surface area contributed by atoms with Gasteiger partial charge >= 0.3 is 0 Å². The van der Waals surface area contributed by atoms with Gasteiger partial charge in [-0.3, -0.25) is 4.79 Å². The largest absolute Gasteiger partial charge is 0.355 e. The van der Waals surface area contributed by atoms with Crippen LogP contribution in [0.2, 0.25) is 5.02 Å². The summed E-state index contributed by atoms with van der Waals surface area (Å²) < 4.78 is 26.2. The molecule has 0 saturated carbocycles. The van der Waals surface area contributed by atoms with Crippen LogP contribution in [0.3, 0.4) is 0 Å². The van der Waals surface area contributed by atoms with E-state index < -0.39 is 10.0 Å². The molecule has 134 valence electrons. The molecule has 0 aliphatic heterocycles. The fourth-order valence-electron chi connectivity index (χ4n) is 2.20. The molecule has 0 aliphatic carbocycles. The van der Waals surface area contributed by atoms with E-state index >= 15 is 0 Å². The number of carbonyl (C=O) groups is 1. The van der Waals surface area contributed by atoms with Crippen molar-refractivity contribution in [2.45, 2.75) is 12.8 Å². The normalized spacial score (nSPS) is 11.2. The molecule has 0 unspecified atom stereocenters. The second-order valence-corrected chi connectivity index (χ2v) is 7.96. The second-order valence-electron chi connectivity index (χ2n) is 5.60. The molecule has 0 aromatic heterocycles. The maximum atomic E-state index is 11.9. The molecule has 25 heavy (non-hydrogen) atoms. The van der Waals surface area contributed by atoms with Crippen LogP contribution < -0.4 is 10.0 Å². The minimum Gasteiger partial charge on any atom is -0.355 e. The molecule has 0 spiro atoms. The average molecular weight is 381 g/mol. The van der Waals surface area contributed by atoms with E-state index in [0.29, 0.717) is 24.4 Å². The van der Waals surface area contributed by atoms with Crippen LogP contribution in [-0.2, 0) is 27.7 Å². The first kappa shape index (κ1) is 19.4. The smallest absolute Gasteiger partial charge is 0.235 e. The van der Waals surface area contributed by atoms with Gasteiger partial charge in [0.25, 0.3) is 0 Å². The molecule has 7 heteroatoms. The van der Waals surface area contributed by atoms with E-state index in [1.165, 1.54) is 0 Å². The summed E-state index contributed by atoms with van der Waals surface area (Å²) in [6, 6.07) is 16.7. The van der Waals surface area contributed by atoms with Crippen molar-refractivity contribution in [1.29, 1.82) is 0 Å². The minimum atomic E-state index is -3.48. The van der Waals surface area contributed by atoms with Crippen molar-refractivity contribution < 1.29 is 13.2 Å². The van der Waals surface area contributed by atoms with Crippen molar-refractivity contribution in [3.63, 3.8) is 0 Å². The zero-order valence-electron chi connectivity index (χ0n) is 13.7. The Morgan fingerprint density at radius 3 is 2.24 bits per heavy atom. The number of nitrogens with one attached hydrogen (secondary N) is 2. The highest BCUT2D eigenvalue weighted by Gasteiger charge is 2.12. The van der Waals surface area contributed by atoms with Gasteiger partial charge in [0.2, 0.25) is 15.9 Å². The summed E-state index contributed by atoms with van der Waals surface area (Å²) in [4.78, 5) is 11.7. The Kier molecular flexibility index (Phi) is 7.43. The van der Waals surface area contributed by atoms with Crippen molar-refractivity contribution in [3.8, 4) is 0 Å². The van der Waals surface area contributed by atoms with Crippen LogP contribution in [0, 0.1) is 0 Å². The number of carbonyl (C=O) groups excluding carboxylic acids is 1. The molecule has 0 fully saturated rings. The molecule has 2 aromatic carbocycles. The van der Waals surface area contributed by atoms with Gasteiger partial charge < -0.3 is 5.32 Å². The lowest BCUT2D eigenvalue weighted by Crippen LogP contribution is -2.38. The molecule has 1 amide bonds. The van der Waals surface area contributed by atoms with Gasteiger partial charge in [0.1, 0.15) is 0 Å². The van der Waals surface area contributed by atoms with Crippen LogP contribution >= 0.6 is 11.6 Å². The Morgan fingerprint density at radius 1 is 0.920 bits per heavy atom. The van der Waals surface area contributed by atoms with Crippen molar-refractivity contribution in [1.82, 2.24) is 10.0 Å². The topological polar surface area (TPSA) is 75.3 Å². The van der Waals surface area contributed by atoms with Crippen LogP contribution in [0.4, 0.5) is 0 Å². The van der Waals surface area contributed by atoms with Gasteiger partial charge in [-0.25, -0.2) is 13.1 Å².